The molecule has 0 radical (unpaired) electrons. The number of carbonyl (C=O) groups excluding carboxylic acids is 2. The first kappa shape index (κ1) is 23.5. The van der Waals surface area contributed by atoms with Crippen LogP contribution in [0.4, 0.5) is 11.5 Å². The minimum Gasteiger partial charge on any atom is -0.385 e. The zero-order chi connectivity index (χ0) is 22.9. The van der Waals surface area contributed by atoms with Gasteiger partial charge in [0.1, 0.15) is 0 Å². The third-order valence-electron chi connectivity index (χ3n) is 5.30. The smallest absolute Gasteiger partial charge is 0.253 e. The normalized spacial score (nSPS) is 13.9. The first-order chi connectivity index (χ1) is 15.5. The molecule has 0 atom stereocenters. The van der Waals surface area contributed by atoms with E-state index in [1.165, 1.54) is 0 Å². The first-order valence-corrected chi connectivity index (χ1v) is 11.1. The molecule has 0 aliphatic carbocycles. The van der Waals surface area contributed by atoms with Crippen molar-refractivity contribution in [3.8, 4) is 0 Å². The van der Waals surface area contributed by atoms with Crippen LogP contribution >= 0.6 is 0 Å². The van der Waals surface area contributed by atoms with E-state index in [2.05, 4.69) is 34.4 Å². The van der Waals surface area contributed by atoms with Crippen molar-refractivity contribution in [3.63, 3.8) is 0 Å². The molecule has 2 heterocycles. The standard InChI is InChI=1S/C24H33N5O3/c1-18(2)27-21-6-4-11-25-22(21)28-13-15-29(16-14-28)24(31)20-9-7-19(8-10-20)23(30)26-12-5-17-32-3/h4,6-11,18,27H,5,12-17H2,1-3H3,(H,26,30). The summed E-state index contributed by atoms with van der Waals surface area (Å²) in [5.74, 6) is 0.766. The Morgan fingerprint density at radius 3 is 2.41 bits per heavy atom. The van der Waals surface area contributed by atoms with E-state index in [9.17, 15) is 9.59 Å². The Bertz CT molecular complexity index is 893. The fourth-order valence-electron chi connectivity index (χ4n) is 3.66. The van der Waals surface area contributed by atoms with Crippen LogP contribution in [0.3, 0.4) is 0 Å². The number of amides is 2. The SMILES string of the molecule is COCCCNC(=O)c1ccc(C(=O)N2CCN(c3ncccc3NC(C)C)CC2)cc1. The molecule has 2 N–H and O–H groups in total. The Labute approximate surface area is 190 Å². The molecular weight excluding hydrogens is 406 g/mol. The number of anilines is 2. The van der Waals surface area contributed by atoms with Gasteiger partial charge in [-0.2, -0.15) is 0 Å². The minimum absolute atomic E-state index is 0.0155. The second-order valence-corrected chi connectivity index (χ2v) is 8.13. The maximum Gasteiger partial charge on any atom is 0.253 e. The maximum absolute atomic E-state index is 12.9. The molecule has 3 rings (SSSR count). The number of rotatable bonds is 9. The highest BCUT2D eigenvalue weighted by atomic mass is 16.5. The van der Waals surface area contributed by atoms with Crippen molar-refractivity contribution in [2.24, 2.45) is 0 Å². The van der Waals surface area contributed by atoms with Crippen molar-refractivity contribution >= 4 is 23.3 Å². The summed E-state index contributed by atoms with van der Waals surface area (Å²) in [6, 6.07) is 11.1. The monoisotopic (exact) mass is 439 g/mol. The predicted octanol–water partition coefficient (Wildman–Crippen LogP) is 2.63. The molecule has 0 saturated carbocycles. The fourth-order valence-corrected chi connectivity index (χ4v) is 3.66. The molecular formula is C24H33N5O3. The molecule has 1 fully saturated rings. The molecule has 1 aliphatic heterocycles. The van der Waals surface area contributed by atoms with E-state index < -0.39 is 0 Å². The molecule has 8 heteroatoms. The van der Waals surface area contributed by atoms with Crippen LogP contribution in [0.25, 0.3) is 0 Å². The summed E-state index contributed by atoms with van der Waals surface area (Å²) in [4.78, 5) is 33.8. The van der Waals surface area contributed by atoms with Crippen LogP contribution in [0.2, 0.25) is 0 Å². The molecule has 0 bridgehead atoms. The van der Waals surface area contributed by atoms with E-state index in [1.54, 1.807) is 37.6 Å². The summed E-state index contributed by atoms with van der Waals surface area (Å²) >= 11 is 0. The number of hydrogen-bond donors (Lipinski definition) is 2. The Balaban J connectivity index is 1.55. The molecule has 1 aliphatic rings. The zero-order valence-electron chi connectivity index (χ0n) is 19.1. The van der Waals surface area contributed by atoms with Crippen LogP contribution in [0, 0.1) is 0 Å². The van der Waals surface area contributed by atoms with Gasteiger partial charge in [-0.25, -0.2) is 4.98 Å². The van der Waals surface area contributed by atoms with Crippen molar-refractivity contribution in [2.75, 3.05) is 56.7 Å². The molecule has 8 nitrogen and oxygen atoms in total. The van der Waals surface area contributed by atoms with Crippen molar-refractivity contribution in [2.45, 2.75) is 26.3 Å². The number of piperazine rings is 1. The van der Waals surface area contributed by atoms with Crippen LogP contribution in [0.1, 0.15) is 41.0 Å². The van der Waals surface area contributed by atoms with Gasteiger partial charge in [-0.15, -0.1) is 0 Å². The van der Waals surface area contributed by atoms with Gasteiger partial charge in [0.05, 0.1) is 5.69 Å². The number of methoxy groups -OCH3 is 1. The average molecular weight is 440 g/mol. The van der Waals surface area contributed by atoms with E-state index in [0.717, 1.165) is 31.0 Å². The Morgan fingerprint density at radius 2 is 1.75 bits per heavy atom. The summed E-state index contributed by atoms with van der Waals surface area (Å²) < 4.78 is 4.98. The van der Waals surface area contributed by atoms with Gasteiger partial charge < -0.3 is 25.2 Å². The van der Waals surface area contributed by atoms with Gasteiger partial charge in [0.25, 0.3) is 11.8 Å². The van der Waals surface area contributed by atoms with E-state index in [1.807, 2.05) is 17.0 Å². The van der Waals surface area contributed by atoms with Crippen molar-refractivity contribution in [1.82, 2.24) is 15.2 Å². The molecule has 2 aromatic rings. The number of aromatic nitrogens is 1. The van der Waals surface area contributed by atoms with Crippen LogP contribution in [0.5, 0.6) is 0 Å². The molecule has 1 aromatic heterocycles. The molecule has 0 spiro atoms. The summed E-state index contributed by atoms with van der Waals surface area (Å²) in [5.41, 5.74) is 2.15. The minimum atomic E-state index is -0.144. The largest absolute Gasteiger partial charge is 0.385 e. The van der Waals surface area contributed by atoms with Crippen molar-refractivity contribution in [3.05, 3.63) is 53.7 Å². The van der Waals surface area contributed by atoms with Gasteiger partial charge in [0.2, 0.25) is 0 Å². The van der Waals surface area contributed by atoms with Gasteiger partial charge >= 0.3 is 0 Å². The molecule has 2 amide bonds. The van der Waals surface area contributed by atoms with Gasteiger partial charge in [-0.1, -0.05) is 0 Å². The van der Waals surface area contributed by atoms with Gasteiger partial charge in [0, 0.05) is 69.8 Å². The van der Waals surface area contributed by atoms with Gasteiger partial charge in [0.15, 0.2) is 5.82 Å². The van der Waals surface area contributed by atoms with Gasteiger partial charge in [-0.05, 0) is 56.7 Å². The maximum atomic E-state index is 12.9. The predicted molar refractivity (Wildman–Crippen MR) is 126 cm³/mol. The number of nitrogens with one attached hydrogen (secondary N) is 2. The lowest BCUT2D eigenvalue weighted by Crippen LogP contribution is -2.49. The molecule has 1 aromatic carbocycles. The quantitative estimate of drug-likeness (QED) is 0.584. The molecule has 32 heavy (non-hydrogen) atoms. The topological polar surface area (TPSA) is 86.8 Å². The zero-order valence-corrected chi connectivity index (χ0v) is 19.1. The van der Waals surface area contributed by atoms with E-state index >= 15 is 0 Å². The Morgan fingerprint density at radius 1 is 1.06 bits per heavy atom. The Hall–Kier alpha value is -3.13. The lowest BCUT2D eigenvalue weighted by atomic mass is 10.1. The van der Waals surface area contributed by atoms with Crippen molar-refractivity contribution in [1.29, 1.82) is 0 Å². The van der Waals surface area contributed by atoms with Crippen LogP contribution in [-0.4, -0.2) is 74.2 Å². The summed E-state index contributed by atoms with van der Waals surface area (Å²) in [7, 11) is 1.64. The number of carbonyl (C=O) groups is 2. The lowest BCUT2D eigenvalue weighted by Gasteiger charge is -2.36. The Kier molecular flexibility index (Phi) is 8.44. The third-order valence-corrected chi connectivity index (χ3v) is 5.30. The fraction of sp³-hybridized carbons (Fsp3) is 0.458. The number of benzene rings is 1. The highest BCUT2D eigenvalue weighted by Crippen LogP contribution is 2.25. The number of hydrogen-bond acceptors (Lipinski definition) is 6. The van der Waals surface area contributed by atoms with E-state index in [-0.39, 0.29) is 11.8 Å². The van der Waals surface area contributed by atoms with E-state index in [4.69, 9.17) is 4.74 Å². The molecule has 172 valence electrons. The van der Waals surface area contributed by atoms with Gasteiger partial charge in [-0.3, -0.25) is 9.59 Å². The number of nitrogens with zero attached hydrogens (tertiary/aromatic N) is 3. The summed E-state index contributed by atoms with van der Waals surface area (Å²) in [5, 5.41) is 6.29. The lowest BCUT2D eigenvalue weighted by molar-refractivity contribution is 0.0746. The first-order valence-electron chi connectivity index (χ1n) is 11.1. The number of pyridine rings is 1. The highest BCUT2D eigenvalue weighted by molar-refractivity contribution is 5.98. The average Bonchev–Trinajstić information content (AvgIpc) is 2.81. The molecule has 1 saturated heterocycles. The van der Waals surface area contributed by atoms with Crippen molar-refractivity contribution < 1.29 is 14.3 Å². The summed E-state index contributed by atoms with van der Waals surface area (Å²) in [6.45, 7) is 8.05. The second kappa shape index (κ2) is 11.5. The molecule has 0 unspecified atom stereocenters. The third kappa shape index (κ3) is 6.20. The van der Waals surface area contributed by atoms with Crippen LogP contribution in [0.15, 0.2) is 42.6 Å². The van der Waals surface area contributed by atoms with Crippen LogP contribution < -0.4 is 15.5 Å². The van der Waals surface area contributed by atoms with E-state index in [0.29, 0.717) is 43.4 Å². The summed E-state index contributed by atoms with van der Waals surface area (Å²) in [6.07, 6.45) is 2.56. The number of ether oxygens (including phenoxy) is 1. The van der Waals surface area contributed by atoms with Crippen LogP contribution in [-0.2, 0) is 4.74 Å². The second-order valence-electron chi connectivity index (χ2n) is 8.13. The highest BCUT2D eigenvalue weighted by Gasteiger charge is 2.24.